The highest BCUT2D eigenvalue weighted by Crippen LogP contribution is 2.39. The molecule has 0 saturated carbocycles. The Morgan fingerprint density at radius 1 is 1.11 bits per heavy atom. The summed E-state index contributed by atoms with van der Waals surface area (Å²) >= 11 is 2.85. The van der Waals surface area contributed by atoms with Gasteiger partial charge in [0.2, 0.25) is 0 Å². The molecule has 19 heavy (non-hydrogen) atoms. The molecule has 1 aromatic carbocycles. The van der Waals surface area contributed by atoms with Crippen LogP contribution in [-0.4, -0.2) is 11.6 Å². The molecule has 0 aromatic heterocycles. The molecule has 0 bridgehead atoms. The maximum absolute atomic E-state index is 12.8. The van der Waals surface area contributed by atoms with E-state index >= 15 is 0 Å². The van der Waals surface area contributed by atoms with Gasteiger partial charge in [0.25, 0.3) is 0 Å². The summed E-state index contributed by atoms with van der Waals surface area (Å²) in [6.45, 7) is 0. The van der Waals surface area contributed by atoms with Gasteiger partial charge in [-0.1, -0.05) is 22.0 Å². The molecule has 0 amide bonds. The summed E-state index contributed by atoms with van der Waals surface area (Å²) in [7, 11) is 0. The summed E-state index contributed by atoms with van der Waals surface area (Å²) in [6.07, 6.45) is -9.57. The van der Waals surface area contributed by atoms with Crippen LogP contribution in [0.2, 0.25) is 0 Å². The molecular weight excluding hydrogens is 342 g/mol. The van der Waals surface area contributed by atoms with E-state index < -0.39 is 35.0 Å². The zero-order valence-corrected chi connectivity index (χ0v) is 10.7. The van der Waals surface area contributed by atoms with Gasteiger partial charge in [0.15, 0.2) is 0 Å². The predicted molar refractivity (Wildman–Crippen MR) is 59.0 cm³/mol. The monoisotopic (exact) mass is 348 g/mol. The van der Waals surface area contributed by atoms with Crippen LogP contribution in [0.4, 0.5) is 26.3 Å². The molecule has 0 spiro atoms. The van der Waals surface area contributed by atoms with Gasteiger partial charge in [-0.3, -0.25) is 0 Å². The average Bonchev–Trinajstić information content (AvgIpc) is 2.28. The third-order valence-corrected chi connectivity index (χ3v) is 3.11. The molecule has 1 nitrogen and oxygen atoms in total. The first kappa shape index (κ1) is 16.0. The van der Waals surface area contributed by atoms with Crippen molar-refractivity contribution in [3.8, 4) is 0 Å². The number of aldehydes is 1. The van der Waals surface area contributed by atoms with Crippen LogP contribution in [0.15, 0.2) is 18.2 Å². The molecule has 0 fully saturated rings. The molecular formula is C11H7BrF6O. The predicted octanol–water partition coefficient (Wildman–Crippen LogP) is 4.40. The van der Waals surface area contributed by atoms with Crippen molar-refractivity contribution in [1.29, 1.82) is 0 Å². The fourth-order valence-electron chi connectivity index (χ4n) is 1.49. The van der Waals surface area contributed by atoms with E-state index in [1.165, 1.54) is 0 Å². The average molecular weight is 349 g/mol. The van der Waals surface area contributed by atoms with Crippen LogP contribution in [0.1, 0.15) is 22.6 Å². The fourth-order valence-corrected chi connectivity index (χ4v) is 2.00. The first-order valence-corrected chi connectivity index (χ1v) is 6.03. The topological polar surface area (TPSA) is 17.1 Å². The highest BCUT2D eigenvalue weighted by molar-refractivity contribution is 9.09. The summed E-state index contributed by atoms with van der Waals surface area (Å²) in [6, 6.07) is 1.24. The molecule has 0 heterocycles. The van der Waals surface area contributed by atoms with E-state index in [9.17, 15) is 31.1 Å². The van der Waals surface area contributed by atoms with Gasteiger partial charge in [-0.2, -0.15) is 26.3 Å². The van der Waals surface area contributed by atoms with Crippen LogP contribution in [0.5, 0.6) is 0 Å². The van der Waals surface area contributed by atoms with Crippen LogP contribution in [-0.2, 0) is 17.1 Å². The van der Waals surface area contributed by atoms with Gasteiger partial charge in [0.05, 0.1) is 11.1 Å². The van der Waals surface area contributed by atoms with Gasteiger partial charge in [0, 0.05) is 11.2 Å². The maximum atomic E-state index is 12.8. The minimum absolute atomic E-state index is 0.0223. The zero-order valence-electron chi connectivity index (χ0n) is 9.15. The third-order valence-electron chi connectivity index (χ3n) is 2.42. The smallest absolute Gasteiger partial charge is 0.303 e. The van der Waals surface area contributed by atoms with Crippen molar-refractivity contribution in [2.75, 3.05) is 5.33 Å². The lowest BCUT2D eigenvalue weighted by Crippen LogP contribution is -2.16. The second-order valence-corrected chi connectivity index (χ2v) is 4.34. The lowest BCUT2D eigenvalue weighted by atomic mass is 9.94. The minimum atomic E-state index is -4.96. The van der Waals surface area contributed by atoms with Crippen molar-refractivity contribution in [2.45, 2.75) is 18.3 Å². The number of halogens is 7. The number of carbonyl (C=O) groups is 1. The molecule has 0 aliphatic rings. The van der Waals surface area contributed by atoms with Crippen molar-refractivity contribution >= 4 is 22.2 Å². The van der Waals surface area contributed by atoms with Gasteiger partial charge in [-0.15, -0.1) is 0 Å². The highest BCUT2D eigenvalue weighted by atomic mass is 79.9. The Kier molecular flexibility index (Phi) is 4.65. The largest absolute Gasteiger partial charge is 0.416 e. The first-order chi connectivity index (χ1) is 8.61. The van der Waals surface area contributed by atoms with Crippen LogP contribution in [0, 0.1) is 0 Å². The highest BCUT2D eigenvalue weighted by Gasteiger charge is 2.39. The second-order valence-electron chi connectivity index (χ2n) is 3.69. The Bertz CT molecular complexity index is 465. The summed E-state index contributed by atoms with van der Waals surface area (Å²) in [5, 5.41) is -0.106. The van der Waals surface area contributed by atoms with Gasteiger partial charge in [-0.25, -0.2) is 0 Å². The first-order valence-electron chi connectivity index (χ1n) is 4.91. The molecule has 0 aliphatic heterocycles. The molecule has 1 atom stereocenters. The van der Waals surface area contributed by atoms with E-state index in [0.717, 1.165) is 0 Å². The lowest BCUT2D eigenvalue weighted by Gasteiger charge is -2.18. The molecule has 1 rings (SSSR count). The quantitative estimate of drug-likeness (QED) is 0.449. The van der Waals surface area contributed by atoms with Crippen LogP contribution < -0.4 is 0 Å². The van der Waals surface area contributed by atoms with E-state index in [1.807, 2.05) is 0 Å². The summed E-state index contributed by atoms with van der Waals surface area (Å²) < 4.78 is 75.5. The number of hydrogen-bond donors (Lipinski definition) is 0. The van der Waals surface area contributed by atoms with Crippen molar-refractivity contribution in [3.05, 3.63) is 34.9 Å². The van der Waals surface area contributed by atoms with Crippen molar-refractivity contribution in [2.24, 2.45) is 0 Å². The van der Waals surface area contributed by atoms with E-state index in [1.54, 1.807) is 0 Å². The van der Waals surface area contributed by atoms with Gasteiger partial charge >= 0.3 is 12.4 Å². The van der Waals surface area contributed by atoms with Crippen molar-refractivity contribution < 1.29 is 31.1 Å². The van der Waals surface area contributed by atoms with Crippen LogP contribution in [0.3, 0.4) is 0 Å². The summed E-state index contributed by atoms with van der Waals surface area (Å²) in [4.78, 5) is 10.7. The Morgan fingerprint density at radius 3 is 2.05 bits per heavy atom. The van der Waals surface area contributed by atoms with E-state index in [0.29, 0.717) is 12.1 Å². The number of carbonyl (C=O) groups excluding carboxylic acids is 1. The summed E-state index contributed by atoms with van der Waals surface area (Å²) in [5.41, 5.74) is -3.32. The number of alkyl halides is 7. The third kappa shape index (κ3) is 3.71. The van der Waals surface area contributed by atoms with Crippen LogP contribution >= 0.6 is 15.9 Å². The second kappa shape index (κ2) is 5.52. The lowest BCUT2D eigenvalue weighted by molar-refractivity contribution is -0.143. The van der Waals surface area contributed by atoms with E-state index in [-0.39, 0.29) is 17.7 Å². The maximum Gasteiger partial charge on any atom is 0.416 e. The Morgan fingerprint density at radius 2 is 1.68 bits per heavy atom. The summed E-state index contributed by atoms with van der Waals surface area (Å²) in [5.74, 6) is -1.15. The Hall–Kier alpha value is -1.05. The Labute approximate surface area is 112 Å². The van der Waals surface area contributed by atoms with Gasteiger partial charge in [-0.05, 0) is 17.7 Å². The van der Waals surface area contributed by atoms with Crippen molar-refractivity contribution in [3.63, 3.8) is 0 Å². The molecule has 0 aliphatic carbocycles. The number of benzene rings is 1. The van der Waals surface area contributed by atoms with E-state index in [2.05, 4.69) is 15.9 Å². The SMILES string of the molecule is O=CC(CBr)c1ccc(C(F)(F)F)cc1C(F)(F)F. The molecule has 1 aromatic rings. The normalized spacial score (nSPS) is 14.3. The zero-order chi connectivity index (χ0) is 14.8. The minimum Gasteiger partial charge on any atom is -0.303 e. The fraction of sp³-hybridized carbons (Fsp3) is 0.364. The molecule has 8 heteroatoms. The molecule has 1 unspecified atom stereocenters. The van der Waals surface area contributed by atoms with Crippen molar-refractivity contribution in [1.82, 2.24) is 0 Å². The molecule has 0 N–H and O–H groups in total. The number of rotatable bonds is 3. The molecule has 0 saturated heterocycles. The van der Waals surface area contributed by atoms with Crippen LogP contribution in [0.25, 0.3) is 0 Å². The standard InChI is InChI=1S/C11H7BrF6O/c12-4-6(5-19)8-2-1-7(10(13,14)15)3-9(8)11(16,17)18/h1-3,5-6H,4H2. The van der Waals surface area contributed by atoms with E-state index in [4.69, 9.17) is 0 Å². The molecule has 0 radical (unpaired) electrons. The van der Waals surface area contributed by atoms with Gasteiger partial charge in [0.1, 0.15) is 6.29 Å². The van der Waals surface area contributed by atoms with Gasteiger partial charge < -0.3 is 4.79 Å². The molecule has 106 valence electrons. The Balaban J connectivity index is 3.46. The number of hydrogen-bond acceptors (Lipinski definition) is 1.